The van der Waals surface area contributed by atoms with E-state index in [1.54, 1.807) is 6.07 Å². The number of aromatic hydroxyl groups is 1. The Bertz CT molecular complexity index is 1150. The Morgan fingerprint density at radius 3 is 1.73 bits per heavy atom. The molecular weight excluding hydrogens is 408 g/mol. The maximum atomic E-state index is 10.3. The normalized spacial score (nSPS) is 10.8. The van der Waals surface area contributed by atoms with Gasteiger partial charge >= 0.3 is 0 Å². The minimum Gasteiger partial charge on any atom is -0.507 e. The lowest BCUT2D eigenvalue weighted by atomic mass is 9.98. The first-order chi connectivity index (χ1) is 16.0. The van der Waals surface area contributed by atoms with E-state index in [-0.39, 0.29) is 5.75 Å². The molecule has 168 valence electrons. The largest absolute Gasteiger partial charge is 0.507 e. The van der Waals surface area contributed by atoms with Gasteiger partial charge < -0.3 is 14.6 Å². The highest BCUT2D eigenvalue weighted by Crippen LogP contribution is 2.36. The van der Waals surface area contributed by atoms with Gasteiger partial charge in [0, 0.05) is 23.1 Å². The highest BCUT2D eigenvalue weighted by molar-refractivity contribution is 5.76. The summed E-state index contributed by atoms with van der Waals surface area (Å²) in [4.78, 5) is 0. The first kappa shape index (κ1) is 22.5. The molecule has 4 aromatic rings. The van der Waals surface area contributed by atoms with Gasteiger partial charge in [-0.15, -0.1) is 0 Å². The average Bonchev–Trinajstić information content (AvgIpc) is 2.83. The highest BCUT2D eigenvalue weighted by atomic mass is 16.5. The van der Waals surface area contributed by atoms with Gasteiger partial charge in [0.2, 0.25) is 0 Å². The van der Waals surface area contributed by atoms with Gasteiger partial charge in [0.15, 0.2) is 0 Å². The van der Waals surface area contributed by atoms with E-state index in [2.05, 4.69) is 38.1 Å². The van der Waals surface area contributed by atoms with Crippen LogP contribution in [0.25, 0.3) is 22.3 Å². The third-order valence-corrected chi connectivity index (χ3v) is 5.70. The van der Waals surface area contributed by atoms with Crippen molar-refractivity contribution >= 4 is 0 Å². The molecule has 4 rings (SSSR count). The SMILES string of the molecule is Cc1ccc(C)c(-c2ccccc2OCCCOc2ccccc2-c2cc(C)ccc2O)c1. The van der Waals surface area contributed by atoms with Crippen LogP contribution in [-0.4, -0.2) is 18.3 Å². The van der Waals surface area contributed by atoms with Crippen molar-refractivity contribution in [3.63, 3.8) is 0 Å². The number of para-hydroxylation sites is 2. The number of phenolic OH excluding ortho intramolecular Hbond substituents is 1. The lowest BCUT2D eigenvalue weighted by Gasteiger charge is -2.15. The van der Waals surface area contributed by atoms with E-state index in [1.807, 2.05) is 61.5 Å². The summed E-state index contributed by atoms with van der Waals surface area (Å²) in [5, 5.41) is 10.3. The van der Waals surface area contributed by atoms with Crippen LogP contribution in [-0.2, 0) is 0 Å². The van der Waals surface area contributed by atoms with Crippen LogP contribution in [0.15, 0.2) is 84.9 Å². The third kappa shape index (κ3) is 5.38. The van der Waals surface area contributed by atoms with Crippen molar-refractivity contribution in [1.29, 1.82) is 0 Å². The van der Waals surface area contributed by atoms with Gasteiger partial charge in [-0.3, -0.25) is 0 Å². The molecule has 0 bridgehead atoms. The molecule has 0 heterocycles. The van der Waals surface area contributed by atoms with Crippen LogP contribution in [0.4, 0.5) is 0 Å². The minimum atomic E-state index is 0.253. The molecule has 0 fully saturated rings. The van der Waals surface area contributed by atoms with Crippen molar-refractivity contribution in [2.75, 3.05) is 13.2 Å². The zero-order valence-corrected chi connectivity index (χ0v) is 19.5. The maximum absolute atomic E-state index is 10.3. The molecule has 0 unspecified atom stereocenters. The number of phenols is 1. The summed E-state index contributed by atoms with van der Waals surface area (Å²) in [6.07, 6.45) is 0.745. The first-order valence-electron chi connectivity index (χ1n) is 11.3. The molecule has 0 radical (unpaired) electrons. The number of benzene rings is 4. The van der Waals surface area contributed by atoms with Crippen LogP contribution in [0.5, 0.6) is 17.2 Å². The molecule has 0 aliphatic heterocycles. The molecule has 0 aliphatic rings. The first-order valence-corrected chi connectivity index (χ1v) is 11.3. The van der Waals surface area contributed by atoms with Gasteiger partial charge in [-0.05, 0) is 56.2 Å². The zero-order chi connectivity index (χ0) is 23.2. The molecule has 0 spiro atoms. The predicted molar refractivity (Wildman–Crippen MR) is 135 cm³/mol. The lowest BCUT2D eigenvalue weighted by Crippen LogP contribution is -2.06. The molecule has 3 heteroatoms. The number of hydrogen-bond acceptors (Lipinski definition) is 3. The fourth-order valence-electron chi connectivity index (χ4n) is 3.94. The Kier molecular flexibility index (Phi) is 6.99. The smallest absolute Gasteiger partial charge is 0.127 e. The number of rotatable bonds is 8. The highest BCUT2D eigenvalue weighted by Gasteiger charge is 2.11. The molecule has 0 amide bonds. The second-order valence-corrected chi connectivity index (χ2v) is 8.38. The fraction of sp³-hybridized carbons (Fsp3) is 0.200. The maximum Gasteiger partial charge on any atom is 0.127 e. The van der Waals surface area contributed by atoms with Crippen molar-refractivity contribution in [3.8, 4) is 39.5 Å². The summed E-state index contributed by atoms with van der Waals surface area (Å²) in [6.45, 7) is 7.33. The summed E-state index contributed by atoms with van der Waals surface area (Å²) in [5.74, 6) is 1.90. The van der Waals surface area contributed by atoms with E-state index >= 15 is 0 Å². The van der Waals surface area contributed by atoms with Gasteiger partial charge in [-0.2, -0.15) is 0 Å². The van der Waals surface area contributed by atoms with Gasteiger partial charge in [0.25, 0.3) is 0 Å². The van der Waals surface area contributed by atoms with E-state index < -0.39 is 0 Å². The molecule has 0 saturated heterocycles. The topological polar surface area (TPSA) is 38.7 Å². The molecule has 0 saturated carbocycles. The monoisotopic (exact) mass is 438 g/mol. The molecule has 4 aromatic carbocycles. The third-order valence-electron chi connectivity index (χ3n) is 5.70. The quantitative estimate of drug-likeness (QED) is 0.290. The molecular formula is C30H30O3. The Morgan fingerprint density at radius 2 is 1.09 bits per heavy atom. The van der Waals surface area contributed by atoms with Crippen LogP contribution in [0.2, 0.25) is 0 Å². The van der Waals surface area contributed by atoms with E-state index in [4.69, 9.17) is 9.47 Å². The van der Waals surface area contributed by atoms with Crippen LogP contribution >= 0.6 is 0 Å². The Labute approximate surface area is 196 Å². The molecule has 0 aromatic heterocycles. The van der Waals surface area contributed by atoms with Crippen LogP contribution < -0.4 is 9.47 Å². The van der Waals surface area contributed by atoms with E-state index in [9.17, 15) is 5.11 Å². The standard InChI is InChI=1S/C30H30O3/c1-21-13-15-23(3)26(19-21)24-9-4-6-11-29(24)32-17-8-18-33-30-12-7-5-10-25(30)27-20-22(2)14-16-28(27)31/h4-7,9-16,19-20,31H,8,17-18H2,1-3H3. The summed E-state index contributed by atoms with van der Waals surface area (Å²) in [5.41, 5.74) is 7.54. The van der Waals surface area contributed by atoms with Crippen LogP contribution in [0.3, 0.4) is 0 Å². The Hall–Kier alpha value is -3.72. The average molecular weight is 439 g/mol. The van der Waals surface area contributed by atoms with E-state index in [1.165, 1.54) is 16.7 Å². The molecule has 33 heavy (non-hydrogen) atoms. The van der Waals surface area contributed by atoms with Gasteiger partial charge in [0.1, 0.15) is 17.2 Å². The fourth-order valence-corrected chi connectivity index (χ4v) is 3.94. The summed E-state index contributed by atoms with van der Waals surface area (Å²) in [6, 6.07) is 28.1. The second kappa shape index (κ2) is 10.3. The van der Waals surface area contributed by atoms with E-state index in [0.29, 0.717) is 13.2 Å². The van der Waals surface area contributed by atoms with Crippen molar-refractivity contribution in [2.24, 2.45) is 0 Å². The zero-order valence-electron chi connectivity index (χ0n) is 19.5. The Balaban J connectivity index is 1.40. The number of aryl methyl sites for hydroxylation is 3. The summed E-state index contributed by atoms with van der Waals surface area (Å²) in [7, 11) is 0. The second-order valence-electron chi connectivity index (χ2n) is 8.38. The van der Waals surface area contributed by atoms with Crippen molar-refractivity contribution in [2.45, 2.75) is 27.2 Å². The van der Waals surface area contributed by atoms with Crippen molar-refractivity contribution in [3.05, 3.63) is 102 Å². The minimum absolute atomic E-state index is 0.253. The number of ether oxygens (including phenoxy) is 2. The van der Waals surface area contributed by atoms with Gasteiger partial charge in [-0.1, -0.05) is 71.8 Å². The molecule has 3 nitrogen and oxygen atoms in total. The van der Waals surface area contributed by atoms with E-state index in [0.717, 1.165) is 40.2 Å². The molecule has 0 aliphatic carbocycles. The van der Waals surface area contributed by atoms with Crippen LogP contribution in [0, 0.1) is 20.8 Å². The lowest BCUT2D eigenvalue weighted by molar-refractivity contribution is 0.248. The number of hydrogen-bond donors (Lipinski definition) is 1. The van der Waals surface area contributed by atoms with Crippen molar-refractivity contribution in [1.82, 2.24) is 0 Å². The van der Waals surface area contributed by atoms with Gasteiger partial charge in [-0.25, -0.2) is 0 Å². The summed E-state index contributed by atoms with van der Waals surface area (Å²) < 4.78 is 12.2. The van der Waals surface area contributed by atoms with Gasteiger partial charge in [0.05, 0.1) is 13.2 Å². The summed E-state index contributed by atoms with van der Waals surface area (Å²) >= 11 is 0. The van der Waals surface area contributed by atoms with Crippen LogP contribution in [0.1, 0.15) is 23.1 Å². The molecule has 0 atom stereocenters. The Morgan fingerprint density at radius 1 is 0.576 bits per heavy atom. The predicted octanol–water partition coefficient (Wildman–Crippen LogP) is 7.50. The molecule has 1 N–H and O–H groups in total. The van der Waals surface area contributed by atoms with Crippen molar-refractivity contribution < 1.29 is 14.6 Å².